The molecule has 1 heterocycles. The van der Waals surface area contributed by atoms with Gasteiger partial charge >= 0.3 is 0 Å². The molecule has 0 saturated heterocycles. The van der Waals surface area contributed by atoms with E-state index in [4.69, 9.17) is 0 Å². The third kappa shape index (κ3) is 4.82. The van der Waals surface area contributed by atoms with Crippen molar-refractivity contribution in [2.75, 3.05) is 0 Å². The van der Waals surface area contributed by atoms with E-state index in [1.807, 2.05) is 24.4 Å². The molecule has 1 aromatic carbocycles. The molecule has 0 spiro atoms. The molecule has 0 aliphatic carbocycles. The van der Waals surface area contributed by atoms with E-state index in [1.54, 1.807) is 0 Å². The molecule has 0 bridgehead atoms. The number of nitrogens with one attached hydrogen (secondary N) is 1. The minimum absolute atomic E-state index is 0.0626. The average molecular weight is 320 g/mol. The first-order valence-corrected chi connectivity index (χ1v) is 8.75. The van der Waals surface area contributed by atoms with Crippen molar-refractivity contribution in [1.82, 2.24) is 10.3 Å². The Morgan fingerprint density at radius 3 is 2.29 bits per heavy atom. The van der Waals surface area contributed by atoms with Gasteiger partial charge in [0.25, 0.3) is 0 Å². The second kappa shape index (κ2) is 9.07. The number of benzene rings is 1. The van der Waals surface area contributed by atoms with Crippen LogP contribution in [0.4, 0.5) is 0 Å². The molecule has 0 fully saturated rings. The number of nitrogens with zero attached hydrogens (tertiary/aromatic N) is 1. The fourth-order valence-electron chi connectivity index (χ4n) is 2.75. The highest BCUT2D eigenvalue weighted by molar-refractivity contribution is 5.32. The van der Waals surface area contributed by atoms with Gasteiger partial charge in [0.2, 0.25) is 0 Å². The summed E-state index contributed by atoms with van der Waals surface area (Å²) in [5.41, 5.74) is 6.23. The Bertz CT molecular complexity index is 645. The fraction of sp³-hybridized carbons (Fsp3) is 0.318. The first-order chi connectivity index (χ1) is 11.7. The smallest absolute Gasteiger partial charge is 0.0937 e. The number of pyridine rings is 1. The van der Waals surface area contributed by atoms with Gasteiger partial charge in [-0.1, -0.05) is 61.9 Å². The normalized spacial score (nSPS) is 14.1. The van der Waals surface area contributed by atoms with Gasteiger partial charge in [0.05, 0.1) is 11.7 Å². The standard InChI is InChI=1S/C22H28N2/c1-5-17(3)16-18(4)20(6-2)24-22(19-12-8-7-9-13-19)21-14-10-11-15-23-21/h7-16,22,24H,5-6H2,1-4H3/b17-16-,20-18+. The van der Waals surface area contributed by atoms with Gasteiger partial charge in [-0.15, -0.1) is 0 Å². The summed E-state index contributed by atoms with van der Waals surface area (Å²) >= 11 is 0. The van der Waals surface area contributed by atoms with Crippen molar-refractivity contribution in [2.45, 2.75) is 46.6 Å². The summed E-state index contributed by atoms with van der Waals surface area (Å²) in [6.45, 7) is 8.76. The molecule has 2 nitrogen and oxygen atoms in total. The van der Waals surface area contributed by atoms with Crippen molar-refractivity contribution >= 4 is 0 Å². The number of aromatic nitrogens is 1. The molecule has 0 aliphatic heterocycles. The molecule has 0 saturated carbocycles. The lowest BCUT2D eigenvalue weighted by atomic mass is 10.0. The SMILES string of the molecule is CC/C(C)=C\C(C)=C(/CC)NC(c1ccccc1)c1ccccn1. The van der Waals surface area contributed by atoms with Crippen LogP contribution in [0.2, 0.25) is 0 Å². The van der Waals surface area contributed by atoms with E-state index >= 15 is 0 Å². The lowest BCUT2D eigenvalue weighted by Crippen LogP contribution is -2.23. The first-order valence-electron chi connectivity index (χ1n) is 8.75. The van der Waals surface area contributed by atoms with E-state index in [-0.39, 0.29) is 6.04 Å². The highest BCUT2D eigenvalue weighted by atomic mass is 15.0. The van der Waals surface area contributed by atoms with E-state index in [1.165, 1.54) is 22.4 Å². The van der Waals surface area contributed by atoms with Gasteiger partial charge in [0.15, 0.2) is 0 Å². The largest absolute Gasteiger partial charge is 0.376 e. The Labute approximate surface area is 146 Å². The molecule has 0 radical (unpaired) electrons. The van der Waals surface area contributed by atoms with E-state index in [0.29, 0.717) is 0 Å². The summed E-state index contributed by atoms with van der Waals surface area (Å²) in [6.07, 6.45) is 6.19. The van der Waals surface area contributed by atoms with Gasteiger partial charge in [0, 0.05) is 11.9 Å². The van der Waals surface area contributed by atoms with Crippen molar-refractivity contribution in [2.24, 2.45) is 0 Å². The number of hydrogen-bond acceptors (Lipinski definition) is 2. The van der Waals surface area contributed by atoms with Crippen LogP contribution < -0.4 is 5.32 Å². The van der Waals surface area contributed by atoms with Gasteiger partial charge in [-0.2, -0.15) is 0 Å². The summed E-state index contributed by atoms with van der Waals surface area (Å²) in [5.74, 6) is 0. The van der Waals surface area contributed by atoms with Gasteiger partial charge in [-0.05, 0) is 50.0 Å². The van der Waals surface area contributed by atoms with Crippen LogP contribution in [-0.4, -0.2) is 4.98 Å². The highest BCUT2D eigenvalue weighted by Crippen LogP contribution is 2.23. The summed E-state index contributed by atoms with van der Waals surface area (Å²) in [6, 6.07) is 16.7. The lowest BCUT2D eigenvalue weighted by Gasteiger charge is -2.23. The Morgan fingerprint density at radius 1 is 1.00 bits per heavy atom. The van der Waals surface area contributed by atoms with Crippen molar-refractivity contribution in [3.63, 3.8) is 0 Å². The molecule has 1 atom stereocenters. The molecule has 0 aliphatic rings. The van der Waals surface area contributed by atoms with Crippen LogP contribution in [0.25, 0.3) is 0 Å². The predicted molar refractivity (Wildman–Crippen MR) is 103 cm³/mol. The lowest BCUT2D eigenvalue weighted by molar-refractivity contribution is 0.648. The van der Waals surface area contributed by atoms with Gasteiger partial charge in [0.1, 0.15) is 0 Å². The van der Waals surface area contributed by atoms with Gasteiger partial charge < -0.3 is 5.32 Å². The molecule has 2 aromatic rings. The maximum Gasteiger partial charge on any atom is 0.0937 e. The summed E-state index contributed by atoms with van der Waals surface area (Å²) in [5, 5.41) is 3.74. The van der Waals surface area contributed by atoms with Crippen molar-refractivity contribution in [1.29, 1.82) is 0 Å². The maximum atomic E-state index is 4.58. The van der Waals surface area contributed by atoms with Crippen LogP contribution in [0.15, 0.2) is 77.6 Å². The van der Waals surface area contributed by atoms with Crippen LogP contribution >= 0.6 is 0 Å². The third-order valence-electron chi connectivity index (χ3n) is 4.29. The second-order valence-corrected chi connectivity index (χ2v) is 6.10. The average Bonchev–Trinajstić information content (AvgIpc) is 2.63. The topological polar surface area (TPSA) is 24.9 Å². The summed E-state index contributed by atoms with van der Waals surface area (Å²) in [7, 11) is 0. The molecule has 2 heteroatoms. The minimum atomic E-state index is 0.0626. The summed E-state index contributed by atoms with van der Waals surface area (Å²) in [4.78, 5) is 4.58. The van der Waals surface area contributed by atoms with Crippen LogP contribution in [0.1, 0.15) is 57.8 Å². The molecule has 2 rings (SSSR count). The molecule has 24 heavy (non-hydrogen) atoms. The van der Waals surface area contributed by atoms with Crippen molar-refractivity contribution in [3.05, 3.63) is 88.9 Å². The van der Waals surface area contributed by atoms with Crippen LogP contribution in [-0.2, 0) is 0 Å². The van der Waals surface area contributed by atoms with Gasteiger partial charge in [-0.3, -0.25) is 4.98 Å². The number of rotatable bonds is 7. The molecular formula is C22H28N2. The Hall–Kier alpha value is -2.35. The Kier molecular flexibility index (Phi) is 6.80. The molecule has 126 valence electrons. The predicted octanol–water partition coefficient (Wildman–Crippen LogP) is 5.80. The minimum Gasteiger partial charge on any atom is -0.376 e. The second-order valence-electron chi connectivity index (χ2n) is 6.10. The van der Waals surface area contributed by atoms with Gasteiger partial charge in [-0.25, -0.2) is 0 Å². The molecule has 1 aromatic heterocycles. The van der Waals surface area contributed by atoms with E-state index in [2.05, 4.69) is 74.4 Å². The van der Waals surface area contributed by atoms with E-state index < -0.39 is 0 Å². The monoisotopic (exact) mass is 320 g/mol. The fourth-order valence-corrected chi connectivity index (χ4v) is 2.75. The molecule has 1 unspecified atom stereocenters. The Balaban J connectivity index is 2.40. The zero-order valence-electron chi connectivity index (χ0n) is 15.2. The molecule has 0 amide bonds. The zero-order chi connectivity index (χ0) is 17.4. The van der Waals surface area contributed by atoms with Crippen LogP contribution in [0.5, 0.6) is 0 Å². The number of hydrogen-bond donors (Lipinski definition) is 1. The third-order valence-corrected chi connectivity index (χ3v) is 4.29. The molecule has 1 N–H and O–H groups in total. The Morgan fingerprint density at radius 2 is 1.71 bits per heavy atom. The quantitative estimate of drug-likeness (QED) is 0.652. The van der Waals surface area contributed by atoms with Crippen LogP contribution in [0, 0.1) is 0 Å². The zero-order valence-corrected chi connectivity index (χ0v) is 15.2. The number of allylic oxidation sites excluding steroid dienone is 4. The van der Waals surface area contributed by atoms with Crippen molar-refractivity contribution in [3.8, 4) is 0 Å². The maximum absolute atomic E-state index is 4.58. The highest BCUT2D eigenvalue weighted by Gasteiger charge is 2.16. The first kappa shape index (κ1) is 18.0. The van der Waals surface area contributed by atoms with E-state index in [0.717, 1.165) is 18.5 Å². The molecular weight excluding hydrogens is 292 g/mol. The van der Waals surface area contributed by atoms with Crippen LogP contribution in [0.3, 0.4) is 0 Å². The summed E-state index contributed by atoms with van der Waals surface area (Å²) < 4.78 is 0. The van der Waals surface area contributed by atoms with E-state index in [9.17, 15) is 0 Å². The van der Waals surface area contributed by atoms with Crippen molar-refractivity contribution < 1.29 is 0 Å².